The van der Waals surface area contributed by atoms with E-state index in [1.165, 1.54) is 12.1 Å². The number of aromatic nitrogens is 2. The van der Waals surface area contributed by atoms with Gasteiger partial charge in [-0.3, -0.25) is 9.48 Å². The van der Waals surface area contributed by atoms with Crippen LogP contribution in [0.25, 0.3) is 0 Å². The summed E-state index contributed by atoms with van der Waals surface area (Å²) in [6.45, 7) is 1.72. The molecule has 1 atom stereocenters. The summed E-state index contributed by atoms with van der Waals surface area (Å²) in [5.41, 5.74) is 0.538. The van der Waals surface area contributed by atoms with E-state index in [1.54, 1.807) is 23.1 Å². The Morgan fingerprint density at radius 3 is 2.96 bits per heavy atom. The first kappa shape index (κ1) is 16.6. The fraction of sp³-hybridized carbons (Fsp3) is 0.444. The maximum atomic E-state index is 13.7. The van der Waals surface area contributed by atoms with Crippen LogP contribution in [-0.2, 0) is 17.8 Å². The van der Waals surface area contributed by atoms with Gasteiger partial charge >= 0.3 is 0 Å². The molecule has 24 heavy (non-hydrogen) atoms. The van der Waals surface area contributed by atoms with Gasteiger partial charge in [0.05, 0.1) is 0 Å². The molecule has 1 unspecified atom stereocenters. The van der Waals surface area contributed by atoms with Gasteiger partial charge in [-0.1, -0.05) is 6.07 Å². The van der Waals surface area contributed by atoms with Crippen molar-refractivity contribution in [2.24, 2.45) is 5.92 Å². The minimum Gasteiger partial charge on any atom is -0.341 e. The van der Waals surface area contributed by atoms with E-state index >= 15 is 0 Å². The van der Waals surface area contributed by atoms with Crippen LogP contribution in [0.5, 0.6) is 0 Å². The molecule has 0 radical (unpaired) electrons. The fourth-order valence-corrected chi connectivity index (χ4v) is 3.24. The molecule has 128 valence electrons. The summed E-state index contributed by atoms with van der Waals surface area (Å²) in [5, 5.41) is 4.06. The SMILES string of the molecule is O=C(Cn1cccn1)N1CCCC(CCc2ccc(F)cc2F)C1. The Morgan fingerprint density at radius 2 is 2.21 bits per heavy atom. The van der Waals surface area contributed by atoms with Crippen molar-refractivity contribution in [1.29, 1.82) is 0 Å². The molecular weight excluding hydrogens is 312 g/mol. The second-order valence-electron chi connectivity index (χ2n) is 6.33. The highest BCUT2D eigenvalue weighted by Crippen LogP contribution is 2.23. The highest BCUT2D eigenvalue weighted by atomic mass is 19.1. The average Bonchev–Trinajstić information content (AvgIpc) is 3.07. The number of carbonyl (C=O) groups excluding carboxylic acids is 1. The lowest BCUT2D eigenvalue weighted by Gasteiger charge is -2.33. The molecule has 0 aliphatic carbocycles. The summed E-state index contributed by atoms with van der Waals surface area (Å²) in [6.07, 6.45) is 6.79. The zero-order valence-corrected chi connectivity index (χ0v) is 13.5. The monoisotopic (exact) mass is 333 g/mol. The summed E-state index contributed by atoms with van der Waals surface area (Å²) < 4.78 is 28.3. The Labute approximate surface area is 140 Å². The van der Waals surface area contributed by atoms with E-state index in [9.17, 15) is 13.6 Å². The second-order valence-corrected chi connectivity index (χ2v) is 6.33. The van der Waals surface area contributed by atoms with Gasteiger partial charge in [0, 0.05) is 31.5 Å². The van der Waals surface area contributed by atoms with Crippen molar-refractivity contribution in [2.45, 2.75) is 32.2 Å². The Bertz CT molecular complexity index is 688. The molecule has 3 rings (SSSR count). The topological polar surface area (TPSA) is 38.1 Å². The van der Waals surface area contributed by atoms with Crippen molar-refractivity contribution in [2.75, 3.05) is 13.1 Å². The highest BCUT2D eigenvalue weighted by Gasteiger charge is 2.24. The van der Waals surface area contributed by atoms with E-state index in [0.29, 0.717) is 24.4 Å². The summed E-state index contributed by atoms with van der Waals surface area (Å²) in [5.74, 6) is -0.622. The van der Waals surface area contributed by atoms with Crippen molar-refractivity contribution in [3.05, 3.63) is 53.9 Å². The fourth-order valence-electron chi connectivity index (χ4n) is 3.24. The number of hydrogen-bond acceptors (Lipinski definition) is 2. The van der Waals surface area contributed by atoms with Crippen LogP contribution in [-0.4, -0.2) is 33.7 Å². The molecule has 1 aromatic carbocycles. The predicted molar refractivity (Wildman–Crippen MR) is 86.2 cm³/mol. The molecular formula is C18H21F2N3O. The molecule has 1 aliphatic rings. The van der Waals surface area contributed by atoms with Gasteiger partial charge in [0.25, 0.3) is 0 Å². The molecule has 0 bridgehead atoms. The van der Waals surface area contributed by atoms with Crippen molar-refractivity contribution in [3.63, 3.8) is 0 Å². The number of rotatable bonds is 5. The van der Waals surface area contributed by atoms with Gasteiger partial charge in [-0.25, -0.2) is 8.78 Å². The highest BCUT2D eigenvalue weighted by molar-refractivity contribution is 5.76. The lowest BCUT2D eigenvalue weighted by Crippen LogP contribution is -2.41. The largest absolute Gasteiger partial charge is 0.341 e. The van der Waals surface area contributed by atoms with Gasteiger partial charge in [-0.15, -0.1) is 0 Å². The normalized spacial score (nSPS) is 17.9. The Kier molecular flexibility index (Phi) is 5.23. The summed E-state index contributed by atoms with van der Waals surface area (Å²) in [4.78, 5) is 14.2. The third-order valence-electron chi connectivity index (χ3n) is 4.57. The first-order valence-corrected chi connectivity index (χ1v) is 8.31. The van der Waals surface area contributed by atoms with Crippen LogP contribution in [0.4, 0.5) is 8.78 Å². The molecule has 1 aliphatic heterocycles. The lowest BCUT2D eigenvalue weighted by atomic mass is 9.91. The third-order valence-corrected chi connectivity index (χ3v) is 4.57. The molecule has 0 spiro atoms. The standard InChI is InChI=1S/C18H21F2N3O/c19-16-7-6-15(17(20)11-16)5-4-14-3-1-9-22(12-14)18(24)13-23-10-2-8-21-23/h2,6-8,10-11,14H,1,3-5,9,12-13H2. The average molecular weight is 333 g/mol. The summed E-state index contributed by atoms with van der Waals surface area (Å²) >= 11 is 0. The molecule has 4 nitrogen and oxygen atoms in total. The van der Waals surface area contributed by atoms with Gasteiger partial charge < -0.3 is 4.90 Å². The van der Waals surface area contributed by atoms with Crippen LogP contribution in [0.2, 0.25) is 0 Å². The maximum Gasteiger partial charge on any atom is 0.244 e. The first-order valence-electron chi connectivity index (χ1n) is 8.31. The number of hydrogen-bond donors (Lipinski definition) is 0. The maximum absolute atomic E-state index is 13.7. The zero-order valence-electron chi connectivity index (χ0n) is 13.5. The number of carbonyl (C=O) groups is 1. The first-order chi connectivity index (χ1) is 11.6. The molecule has 1 aromatic heterocycles. The Hall–Kier alpha value is -2.24. The second kappa shape index (κ2) is 7.55. The van der Waals surface area contributed by atoms with E-state index in [4.69, 9.17) is 0 Å². The van der Waals surface area contributed by atoms with Crippen molar-refractivity contribution in [1.82, 2.24) is 14.7 Å². The Balaban J connectivity index is 1.52. The van der Waals surface area contributed by atoms with Gasteiger partial charge in [-0.2, -0.15) is 5.10 Å². The van der Waals surface area contributed by atoms with Crippen LogP contribution in [0.3, 0.4) is 0 Å². The van der Waals surface area contributed by atoms with Crippen molar-refractivity contribution >= 4 is 5.91 Å². The number of piperidine rings is 1. The molecule has 2 heterocycles. The summed E-state index contributed by atoms with van der Waals surface area (Å²) in [6, 6.07) is 5.52. The number of halogens is 2. The molecule has 6 heteroatoms. The number of nitrogens with zero attached hydrogens (tertiary/aromatic N) is 3. The van der Waals surface area contributed by atoms with Crippen LogP contribution in [0.15, 0.2) is 36.7 Å². The number of benzene rings is 1. The van der Waals surface area contributed by atoms with Crippen LogP contribution < -0.4 is 0 Å². The third kappa shape index (κ3) is 4.19. The van der Waals surface area contributed by atoms with E-state index in [0.717, 1.165) is 31.9 Å². The minimum absolute atomic E-state index is 0.0661. The van der Waals surface area contributed by atoms with Gasteiger partial charge in [-0.05, 0) is 49.3 Å². The van der Waals surface area contributed by atoms with Gasteiger partial charge in [0.2, 0.25) is 5.91 Å². The number of amides is 1. The quantitative estimate of drug-likeness (QED) is 0.843. The molecule has 0 N–H and O–H groups in total. The van der Waals surface area contributed by atoms with Gasteiger partial charge in [0.15, 0.2) is 0 Å². The number of likely N-dealkylation sites (tertiary alicyclic amines) is 1. The van der Waals surface area contributed by atoms with E-state index in [2.05, 4.69) is 5.10 Å². The van der Waals surface area contributed by atoms with Crippen LogP contribution >= 0.6 is 0 Å². The minimum atomic E-state index is -0.552. The lowest BCUT2D eigenvalue weighted by molar-refractivity contribution is -0.133. The molecule has 1 saturated heterocycles. The number of aryl methyl sites for hydroxylation is 1. The van der Waals surface area contributed by atoms with Crippen molar-refractivity contribution < 1.29 is 13.6 Å². The van der Waals surface area contributed by atoms with Gasteiger partial charge in [0.1, 0.15) is 18.2 Å². The van der Waals surface area contributed by atoms with Crippen molar-refractivity contribution in [3.8, 4) is 0 Å². The Morgan fingerprint density at radius 1 is 1.33 bits per heavy atom. The smallest absolute Gasteiger partial charge is 0.244 e. The molecule has 1 amide bonds. The molecule has 0 saturated carbocycles. The predicted octanol–water partition coefficient (Wildman–Crippen LogP) is 3.03. The van der Waals surface area contributed by atoms with Crippen LogP contribution in [0, 0.1) is 17.6 Å². The molecule has 2 aromatic rings. The van der Waals surface area contributed by atoms with E-state index in [1.807, 2.05) is 4.90 Å². The zero-order chi connectivity index (χ0) is 16.9. The van der Waals surface area contributed by atoms with E-state index in [-0.39, 0.29) is 12.5 Å². The molecule has 1 fully saturated rings. The summed E-state index contributed by atoms with van der Waals surface area (Å²) in [7, 11) is 0. The van der Waals surface area contributed by atoms with E-state index < -0.39 is 11.6 Å². The van der Waals surface area contributed by atoms with Crippen LogP contribution in [0.1, 0.15) is 24.8 Å².